The Morgan fingerprint density at radius 1 is 0.931 bits per heavy atom. The summed E-state index contributed by atoms with van der Waals surface area (Å²) in [6.45, 7) is 1.92. The summed E-state index contributed by atoms with van der Waals surface area (Å²) < 4.78 is 18.1. The lowest BCUT2D eigenvalue weighted by Crippen LogP contribution is -2.08. The third kappa shape index (κ3) is 3.10. The summed E-state index contributed by atoms with van der Waals surface area (Å²) in [6.07, 6.45) is 0. The molecule has 0 aliphatic carbocycles. The van der Waals surface area contributed by atoms with Gasteiger partial charge in [0.05, 0.1) is 32.7 Å². The molecule has 0 unspecified atom stereocenters. The number of ether oxygens (including phenoxy) is 3. The van der Waals surface area contributed by atoms with Crippen LogP contribution in [0.4, 0.5) is 0 Å². The third-order valence-electron chi connectivity index (χ3n) is 4.82. The van der Waals surface area contributed by atoms with E-state index in [1.807, 2.05) is 49.4 Å². The van der Waals surface area contributed by atoms with Crippen LogP contribution in [0.2, 0.25) is 0 Å². The Hall–Kier alpha value is -3.74. The fourth-order valence-electron chi connectivity index (χ4n) is 3.54. The maximum atomic E-state index is 12.5. The van der Waals surface area contributed by atoms with E-state index in [-0.39, 0.29) is 5.56 Å². The van der Waals surface area contributed by atoms with E-state index < -0.39 is 0 Å². The first-order valence-corrected chi connectivity index (χ1v) is 9.05. The molecule has 1 N–H and O–H groups in total. The van der Waals surface area contributed by atoms with Gasteiger partial charge in [-0.05, 0) is 36.8 Å². The van der Waals surface area contributed by atoms with E-state index >= 15 is 0 Å². The molecule has 29 heavy (non-hydrogen) atoms. The van der Waals surface area contributed by atoms with Crippen LogP contribution in [0.5, 0.6) is 17.2 Å². The molecule has 0 aliphatic rings. The van der Waals surface area contributed by atoms with E-state index in [4.69, 9.17) is 14.2 Å². The first kappa shape index (κ1) is 18.6. The highest BCUT2D eigenvalue weighted by Crippen LogP contribution is 2.42. The summed E-state index contributed by atoms with van der Waals surface area (Å²) in [4.78, 5) is 15.4. The molecule has 0 spiro atoms. The molecule has 0 amide bonds. The highest BCUT2D eigenvalue weighted by molar-refractivity contribution is 5.96. The molecule has 4 aromatic rings. The normalized spacial score (nSPS) is 10.9. The van der Waals surface area contributed by atoms with Gasteiger partial charge < -0.3 is 19.2 Å². The molecular weight excluding hydrogens is 370 g/mol. The zero-order valence-electron chi connectivity index (χ0n) is 16.6. The van der Waals surface area contributed by atoms with E-state index in [1.165, 1.54) is 0 Å². The molecule has 2 heterocycles. The van der Waals surface area contributed by atoms with Gasteiger partial charge in [0.15, 0.2) is 11.5 Å². The van der Waals surface area contributed by atoms with Crippen molar-refractivity contribution in [2.24, 2.45) is 0 Å². The molecule has 0 fully saturated rings. The van der Waals surface area contributed by atoms with Crippen LogP contribution in [-0.4, -0.2) is 36.1 Å². The van der Waals surface area contributed by atoms with Crippen LogP contribution in [0, 0.1) is 6.92 Å². The number of aromatic amines is 1. The number of benzene rings is 2. The first-order chi connectivity index (χ1) is 14.1. The number of pyridine rings is 1. The van der Waals surface area contributed by atoms with E-state index in [0.29, 0.717) is 22.9 Å². The molecule has 2 aromatic carbocycles. The van der Waals surface area contributed by atoms with Crippen molar-refractivity contribution in [2.75, 3.05) is 21.3 Å². The molecule has 0 saturated heterocycles. The third-order valence-corrected chi connectivity index (χ3v) is 4.82. The second-order valence-corrected chi connectivity index (χ2v) is 6.52. The van der Waals surface area contributed by atoms with Gasteiger partial charge in [0.2, 0.25) is 11.3 Å². The van der Waals surface area contributed by atoms with Gasteiger partial charge in [-0.2, -0.15) is 5.10 Å². The summed E-state index contributed by atoms with van der Waals surface area (Å²) in [7, 11) is 4.68. The predicted octanol–water partition coefficient (Wildman–Crippen LogP) is 3.72. The van der Waals surface area contributed by atoms with Gasteiger partial charge in [-0.15, -0.1) is 0 Å². The number of nitrogens with zero attached hydrogens (tertiary/aromatic N) is 2. The van der Waals surface area contributed by atoms with Crippen LogP contribution in [0.25, 0.3) is 27.8 Å². The van der Waals surface area contributed by atoms with E-state index in [9.17, 15) is 4.79 Å². The number of para-hydroxylation sites is 1. The topological polar surface area (TPSA) is 78.4 Å². The fourth-order valence-corrected chi connectivity index (χ4v) is 3.54. The molecular formula is C22H21N3O4. The Labute approximate surface area is 167 Å². The van der Waals surface area contributed by atoms with Crippen molar-refractivity contribution >= 4 is 11.0 Å². The Kier molecular flexibility index (Phi) is 4.72. The van der Waals surface area contributed by atoms with Crippen molar-refractivity contribution in [2.45, 2.75) is 6.92 Å². The largest absolute Gasteiger partial charge is 0.493 e. The molecule has 4 rings (SSSR count). The Morgan fingerprint density at radius 3 is 2.17 bits per heavy atom. The standard InChI is InChI=1S/C22H21N3O4/c1-13-20-16(14-10-17(27-2)21(29-4)18(11-14)28-3)12-19(26)23-22(20)25(24-13)15-8-6-5-7-9-15/h5-12H,1-4H3,(H,23,26). The second-order valence-electron chi connectivity index (χ2n) is 6.52. The monoisotopic (exact) mass is 391 g/mol. The maximum absolute atomic E-state index is 12.5. The second kappa shape index (κ2) is 7.35. The summed E-state index contributed by atoms with van der Waals surface area (Å²) in [6, 6.07) is 14.9. The summed E-state index contributed by atoms with van der Waals surface area (Å²) >= 11 is 0. The number of aryl methyl sites for hydroxylation is 1. The van der Waals surface area contributed by atoms with Crippen molar-refractivity contribution in [3.8, 4) is 34.1 Å². The molecule has 0 radical (unpaired) electrons. The van der Waals surface area contributed by atoms with Gasteiger partial charge in [-0.25, -0.2) is 4.68 Å². The molecule has 0 saturated carbocycles. The van der Waals surface area contributed by atoms with Gasteiger partial charge in [0.1, 0.15) is 5.65 Å². The van der Waals surface area contributed by atoms with E-state index in [0.717, 1.165) is 27.9 Å². The van der Waals surface area contributed by atoms with Crippen LogP contribution in [-0.2, 0) is 0 Å². The van der Waals surface area contributed by atoms with Gasteiger partial charge >= 0.3 is 0 Å². The molecule has 7 heteroatoms. The Bertz CT molecular complexity index is 1220. The number of fused-ring (bicyclic) bond motifs is 1. The van der Waals surface area contributed by atoms with E-state index in [1.54, 1.807) is 32.1 Å². The number of hydrogen-bond donors (Lipinski definition) is 1. The minimum Gasteiger partial charge on any atom is -0.493 e. The average Bonchev–Trinajstić information content (AvgIpc) is 3.08. The summed E-state index contributed by atoms with van der Waals surface area (Å²) in [5.41, 5.74) is 3.57. The number of methoxy groups -OCH3 is 3. The smallest absolute Gasteiger partial charge is 0.250 e. The maximum Gasteiger partial charge on any atom is 0.250 e. The number of aromatic nitrogens is 3. The number of nitrogens with one attached hydrogen (secondary N) is 1. The van der Waals surface area contributed by atoms with Crippen molar-refractivity contribution < 1.29 is 14.2 Å². The van der Waals surface area contributed by atoms with Gasteiger partial charge in [-0.1, -0.05) is 18.2 Å². The molecule has 0 bridgehead atoms. The van der Waals surface area contributed by atoms with Crippen LogP contribution < -0.4 is 19.8 Å². The number of rotatable bonds is 5. The minimum absolute atomic E-state index is 0.224. The molecule has 2 aromatic heterocycles. The number of H-pyrrole nitrogens is 1. The van der Waals surface area contributed by atoms with Crippen molar-refractivity contribution in [1.82, 2.24) is 14.8 Å². The average molecular weight is 391 g/mol. The fraction of sp³-hybridized carbons (Fsp3) is 0.182. The quantitative estimate of drug-likeness (QED) is 0.561. The number of hydrogen-bond acceptors (Lipinski definition) is 5. The minimum atomic E-state index is -0.224. The summed E-state index contributed by atoms with van der Waals surface area (Å²) in [5, 5.41) is 5.52. The van der Waals surface area contributed by atoms with Gasteiger partial charge in [0.25, 0.3) is 0 Å². The zero-order chi connectivity index (χ0) is 20.5. The molecule has 0 aliphatic heterocycles. The molecule has 0 atom stereocenters. The Balaban J connectivity index is 2.03. The molecule has 148 valence electrons. The SMILES string of the molecule is COc1cc(-c2cc(=O)[nH]c3c2c(C)nn3-c2ccccc2)cc(OC)c1OC. The summed E-state index contributed by atoms with van der Waals surface area (Å²) in [5.74, 6) is 1.53. The lowest BCUT2D eigenvalue weighted by Gasteiger charge is -2.14. The van der Waals surface area contributed by atoms with E-state index in [2.05, 4.69) is 10.1 Å². The highest BCUT2D eigenvalue weighted by Gasteiger charge is 2.19. The van der Waals surface area contributed by atoms with Crippen molar-refractivity contribution in [3.05, 3.63) is 64.6 Å². The van der Waals surface area contributed by atoms with Crippen LogP contribution in [0.1, 0.15) is 5.69 Å². The van der Waals surface area contributed by atoms with Crippen molar-refractivity contribution in [1.29, 1.82) is 0 Å². The van der Waals surface area contributed by atoms with Crippen LogP contribution >= 0.6 is 0 Å². The lowest BCUT2D eigenvalue weighted by atomic mass is 10.0. The van der Waals surface area contributed by atoms with Gasteiger partial charge in [-0.3, -0.25) is 4.79 Å². The van der Waals surface area contributed by atoms with Crippen molar-refractivity contribution in [3.63, 3.8) is 0 Å². The Morgan fingerprint density at radius 2 is 1.59 bits per heavy atom. The first-order valence-electron chi connectivity index (χ1n) is 9.05. The zero-order valence-corrected chi connectivity index (χ0v) is 16.6. The van der Waals surface area contributed by atoms with Gasteiger partial charge in [0, 0.05) is 17.0 Å². The van der Waals surface area contributed by atoms with Crippen LogP contribution in [0.15, 0.2) is 53.3 Å². The highest BCUT2D eigenvalue weighted by atomic mass is 16.5. The lowest BCUT2D eigenvalue weighted by molar-refractivity contribution is 0.324. The predicted molar refractivity (Wildman–Crippen MR) is 112 cm³/mol. The van der Waals surface area contributed by atoms with Crippen LogP contribution in [0.3, 0.4) is 0 Å². The molecule has 7 nitrogen and oxygen atoms in total.